The largest absolute Gasteiger partial charge is 0.429 e. The first kappa shape index (κ1) is 13.3. The first-order valence-electron chi connectivity index (χ1n) is 7.08. The van der Waals surface area contributed by atoms with Gasteiger partial charge in [0.25, 0.3) is 6.29 Å². The lowest BCUT2D eigenvalue weighted by Crippen LogP contribution is -2.40. The summed E-state index contributed by atoms with van der Waals surface area (Å²) in [5.74, 6) is -0.804. The van der Waals surface area contributed by atoms with Crippen LogP contribution in [0.3, 0.4) is 0 Å². The number of hydrogen-bond acceptors (Lipinski definition) is 6. The van der Waals surface area contributed by atoms with E-state index in [1.54, 1.807) is 0 Å². The van der Waals surface area contributed by atoms with E-state index in [0.29, 0.717) is 19.1 Å². The van der Waals surface area contributed by atoms with E-state index in [4.69, 9.17) is 19.0 Å². The molecule has 6 heteroatoms. The summed E-state index contributed by atoms with van der Waals surface area (Å²) in [6, 6.07) is 0.0966. The maximum atomic E-state index is 11.8. The van der Waals surface area contributed by atoms with Crippen LogP contribution in [0, 0.1) is 5.92 Å². The number of esters is 1. The Bertz CT molecular complexity index is 342. The Labute approximate surface area is 112 Å². The molecule has 0 aromatic carbocycles. The van der Waals surface area contributed by atoms with E-state index in [1.165, 1.54) is 6.42 Å². The van der Waals surface area contributed by atoms with E-state index in [2.05, 4.69) is 12.4 Å². The van der Waals surface area contributed by atoms with Gasteiger partial charge in [-0.3, -0.25) is 9.57 Å². The van der Waals surface area contributed by atoms with Crippen molar-refractivity contribution in [1.29, 1.82) is 0 Å². The number of carbonyl (C=O) groups excluding carboxylic acids is 1. The van der Waals surface area contributed by atoms with Crippen molar-refractivity contribution in [3.8, 4) is 0 Å². The lowest BCUT2D eigenvalue weighted by molar-refractivity contribution is -0.241. The summed E-state index contributed by atoms with van der Waals surface area (Å²) >= 11 is 0. The second kappa shape index (κ2) is 5.36. The fourth-order valence-corrected chi connectivity index (χ4v) is 2.84. The standard InChI is InChI=1S/C13H21NO5/c1-9-7-16-8-10(9)14-19-12-11(15)17-13(18-12)5-3-2-4-6-13/h9-10,12,14H,2-8H2,1H3. The molecule has 3 fully saturated rings. The molecule has 19 heavy (non-hydrogen) atoms. The highest BCUT2D eigenvalue weighted by Crippen LogP contribution is 2.38. The molecule has 1 aliphatic carbocycles. The minimum Gasteiger partial charge on any atom is -0.429 e. The SMILES string of the molecule is CC1COCC1NOC1OC2(CCCCC2)OC1=O. The fraction of sp³-hybridized carbons (Fsp3) is 0.923. The Kier molecular flexibility index (Phi) is 3.75. The van der Waals surface area contributed by atoms with Gasteiger partial charge in [-0.25, -0.2) is 4.79 Å². The number of rotatable bonds is 3. The van der Waals surface area contributed by atoms with Crippen LogP contribution >= 0.6 is 0 Å². The maximum Gasteiger partial charge on any atom is 0.367 e. The number of hydrogen-bond donors (Lipinski definition) is 1. The van der Waals surface area contributed by atoms with Crippen molar-refractivity contribution in [2.75, 3.05) is 13.2 Å². The Morgan fingerprint density at radius 3 is 2.74 bits per heavy atom. The molecule has 3 unspecified atom stereocenters. The van der Waals surface area contributed by atoms with E-state index >= 15 is 0 Å². The molecule has 1 spiro atoms. The van der Waals surface area contributed by atoms with Gasteiger partial charge in [0.1, 0.15) is 0 Å². The van der Waals surface area contributed by atoms with Crippen LogP contribution in [-0.2, 0) is 23.8 Å². The molecule has 2 aliphatic heterocycles. The molecule has 0 bridgehead atoms. The minimum atomic E-state index is -0.953. The lowest BCUT2D eigenvalue weighted by Gasteiger charge is -2.30. The molecular weight excluding hydrogens is 250 g/mol. The van der Waals surface area contributed by atoms with Crippen molar-refractivity contribution in [2.24, 2.45) is 5.92 Å². The van der Waals surface area contributed by atoms with Gasteiger partial charge in [-0.05, 0) is 18.8 Å². The molecule has 3 rings (SSSR count). The summed E-state index contributed by atoms with van der Waals surface area (Å²) in [6.45, 7) is 3.37. The Morgan fingerprint density at radius 1 is 1.26 bits per heavy atom. The summed E-state index contributed by atoms with van der Waals surface area (Å²) < 4.78 is 16.4. The van der Waals surface area contributed by atoms with Crippen LogP contribution < -0.4 is 5.48 Å². The van der Waals surface area contributed by atoms with Crippen LogP contribution in [-0.4, -0.2) is 37.3 Å². The van der Waals surface area contributed by atoms with Crippen molar-refractivity contribution in [1.82, 2.24) is 5.48 Å². The van der Waals surface area contributed by atoms with Crippen molar-refractivity contribution in [2.45, 2.75) is 57.1 Å². The number of carbonyl (C=O) groups is 1. The third kappa shape index (κ3) is 2.76. The highest BCUT2D eigenvalue weighted by atomic mass is 16.9. The minimum absolute atomic E-state index is 0.0966. The summed E-state index contributed by atoms with van der Waals surface area (Å²) in [4.78, 5) is 17.2. The van der Waals surface area contributed by atoms with Crippen LogP contribution in [0.1, 0.15) is 39.0 Å². The number of hydroxylamine groups is 1. The van der Waals surface area contributed by atoms with Gasteiger partial charge in [-0.15, -0.1) is 0 Å². The van der Waals surface area contributed by atoms with Gasteiger partial charge in [0.2, 0.25) is 5.79 Å². The molecule has 1 N–H and O–H groups in total. The zero-order chi connectivity index (χ0) is 13.3. The molecule has 3 atom stereocenters. The fourth-order valence-electron chi connectivity index (χ4n) is 2.84. The van der Waals surface area contributed by atoms with E-state index in [-0.39, 0.29) is 6.04 Å². The molecule has 1 saturated carbocycles. The van der Waals surface area contributed by atoms with Crippen LogP contribution in [0.15, 0.2) is 0 Å². The van der Waals surface area contributed by atoms with Gasteiger partial charge in [0.15, 0.2) is 0 Å². The lowest BCUT2D eigenvalue weighted by atomic mass is 9.94. The molecular formula is C13H21NO5. The summed E-state index contributed by atoms with van der Waals surface area (Å²) in [6.07, 6.45) is 3.81. The molecule has 2 heterocycles. The zero-order valence-corrected chi connectivity index (χ0v) is 11.2. The maximum absolute atomic E-state index is 11.8. The van der Waals surface area contributed by atoms with Crippen molar-refractivity contribution in [3.63, 3.8) is 0 Å². The van der Waals surface area contributed by atoms with Gasteiger partial charge in [-0.2, -0.15) is 5.48 Å². The molecule has 3 aliphatic rings. The van der Waals surface area contributed by atoms with Crippen molar-refractivity contribution in [3.05, 3.63) is 0 Å². The summed E-state index contributed by atoms with van der Waals surface area (Å²) in [7, 11) is 0. The van der Waals surface area contributed by atoms with E-state index in [9.17, 15) is 4.79 Å². The monoisotopic (exact) mass is 271 g/mol. The number of nitrogens with one attached hydrogen (secondary N) is 1. The van der Waals surface area contributed by atoms with Gasteiger partial charge in [0, 0.05) is 12.8 Å². The highest BCUT2D eigenvalue weighted by Gasteiger charge is 2.49. The third-order valence-corrected chi connectivity index (χ3v) is 4.11. The normalized spacial score (nSPS) is 37.7. The molecule has 0 aromatic heterocycles. The molecule has 0 radical (unpaired) electrons. The van der Waals surface area contributed by atoms with Crippen LogP contribution in [0.4, 0.5) is 0 Å². The smallest absolute Gasteiger partial charge is 0.367 e. The summed E-state index contributed by atoms with van der Waals surface area (Å²) in [5, 5.41) is 0. The first-order chi connectivity index (χ1) is 9.19. The Hall–Kier alpha value is -0.690. The Morgan fingerprint density at radius 2 is 2.05 bits per heavy atom. The molecule has 2 saturated heterocycles. The number of ether oxygens (including phenoxy) is 3. The van der Waals surface area contributed by atoms with Gasteiger partial charge in [0.05, 0.1) is 19.3 Å². The molecule has 6 nitrogen and oxygen atoms in total. The van der Waals surface area contributed by atoms with Gasteiger partial charge in [-0.1, -0.05) is 13.3 Å². The predicted octanol–water partition coefficient (Wildman–Crippen LogP) is 1.10. The average Bonchev–Trinajstić information content (AvgIpc) is 2.93. The first-order valence-corrected chi connectivity index (χ1v) is 7.08. The second-order valence-electron chi connectivity index (χ2n) is 5.70. The van der Waals surface area contributed by atoms with Crippen molar-refractivity contribution >= 4 is 5.97 Å². The second-order valence-corrected chi connectivity index (χ2v) is 5.70. The molecule has 108 valence electrons. The van der Waals surface area contributed by atoms with Crippen LogP contribution in [0.2, 0.25) is 0 Å². The van der Waals surface area contributed by atoms with Crippen LogP contribution in [0.25, 0.3) is 0 Å². The third-order valence-electron chi connectivity index (χ3n) is 4.11. The highest BCUT2D eigenvalue weighted by molar-refractivity contribution is 5.75. The topological polar surface area (TPSA) is 66.0 Å². The van der Waals surface area contributed by atoms with E-state index in [0.717, 1.165) is 25.7 Å². The Balaban J connectivity index is 1.52. The van der Waals surface area contributed by atoms with Crippen molar-refractivity contribution < 1.29 is 23.8 Å². The zero-order valence-electron chi connectivity index (χ0n) is 11.2. The van der Waals surface area contributed by atoms with Crippen LogP contribution in [0.5, 0.6) is 0 Å². The predicted molar refractivity (Wildman–Crippen MR) is 64.8 cm³/mol. The van der Waals surface area contributed by atoms with E-state index < -0.39 is 18.0 Å². The quantitative estimate of drug-likeness (QED) is 0.612. The average molecular weight is 271 g/mol. The summed E-state index contributed by atoms with van der Waals surface area (Å²) in [5.41, 5.74) is 2.87. The van der Waals surface area contributed by atoms with E-state index in [1.807, 2.05) is 0 Å². The molecule has 0 aromatic rings. The molecule has 0 amide bonds. The van der Waals surface area contributed by atoms with Gasteiger partial charge < -0.3 is 9.47 Å². The van der Waals surface area contributed by atoms with Gasteiger partial charge >= 0.3 is 5.97 Å².